The van der Waals surface area contributed by atoms with Gasteiger partial charge in [-0.1, -0.05) is 12.1 Å². The lowest BCUT2D eigenvalue weighted by Crippen LogP contribution is -2.57. The Balaban J connectivity index is 0.000000148. The number of primary amides is 1. The van der Waals surface area contributed by atoms with E-state index < -0.39 is 5.91 Å². The molecule has 5 aromatic rings. The number of fused-ring (bicyclic) bond motifs is 2. The van der Waals surface area contributed by atoms with Crippen LogP contribution in [0.5, 0.6) is 0 Å². The van der Waals surface area contributed by atoms with E-state index in [1.807, 2.05) is 58.6 Å². The van der Waals surface area contributed by atoms with Crippen molar-refractivity contribution >= 4 is 51.4 Å². The molecule has 0 atom stereocenters. The summed E-state index contributed by atoms with van der Waals surface area (Å²) in [4.78, 5) is 68.7. The summed E-state index contributed by atoms with van der Waals surface area (Å²) >= 11 is 0. The Morgan fingerprint density at radius 3 is 1.75 bits per heavy atom. The van der Waals surface area contributed by atoms with E-state index in [-0.39, 0.29) is 42.3 Å². The fraction of sp³-hybridized carbons (Fsp3) is 0.417. The number of anilines is 2. The SMILES string of the molecule is NC(=O)CCC(=O)N1CCN(c2ncnc3[nH]ccc23)CC12CC2.O=C(c1ccc(CO)cc1)N1CCN(c2ncnc3[nH]ccc23)CC12CC2. The minimum atomic E-state index is -0.428. The number of hydrogen-bond acceptors (Lipinski definition) is 10. The molecule has 2 aliphatic heterocycles. The number of aromatic amines is 2. The van der Waals surface area contributed by atoms with Crippen molar-refractivity contribution in [3.8, 4) is 0 Å². The van der Waals surface area contributed by atoms with Gasteiger partial charge in [0.2, 0.25) is 11.8 Å². The van der Waals surface area contributed by atoms with Gasteiger partial charge in [0.05, 0.1) is 28.5 Å². The van der Waals surface area contributed by atoms with Crippen LogP contribution >= 0.6 is 0 Å². The molecule has 4 aliphatic rings. The first-order valence-corrected chi connectivity index (χ1v) is 17.5. The molecule has 51 heavy (non-hydrogen) atoms. The highest BCUT2D eigenvalue weighted by atomic mass is 16.3. The Morgan fingerprint density at radius 1 is 0.706 bits per heavy atom. The van der Waals surface area contributed by atoms with E-state index in [2.05, 4.69) is 39.7 Å². The van der Waals surface area contributed by atoms with Crippen LogP contribution in [-0.4, -0.2) is 113 Å². The van der Waals surface area contributed by atoms with Crippen LogP contribution in [0.25, 0.3) is 22.1 Å². The Labute approximate surface area is 293 Å². The summed E-state index contributed by atoms with van der Waals surface area (Å²) in [7, 11) is 0. The van der Waals surface area contributed by atoms with Gasteiger partial charge in [0.25, 0.3) is 5.91 Å². The number of hydrogen-bond donors (Lipinski definition) is 4. The molecular formula is C36H41N11O4. The van der Waals surface area contributed by atoms with Gasteiger partial charge in [0, 0.05) is 70.1 Å². The number of amides is 3. The van der Waals surface area contributed by atoms with Crippen molar-refractivity contribution in [1.82, 2.24) is 39.7 Å². The molecule has 2 saturated heterocycles. The van der Waals surface area contributed by atoms with Crippen molar-refractivity contribution in [3.63, 3.8) is 0 Å². The maximum atomic E-state index is 13.1. The molecule has 2 spiro atoms. The van der Waals surface area contributed by atoms with Crippen molar-refractivity contribution in [2.24, 2.45) is 5.73 Å². The molecule has 5 N–H and O–H groups in total. The van der Waals surface area contributed by atoms with E-state index in [1.165, 1.54) is 0 Å². The van der Waals surface area contributed by atoms with E-state index >= 15 is 0 Å². The molecule has 0 bridgehead atoms. The van der Waals surface area contributed by atoms with Crippen LogP contribution < -0.4 is 15.5 Å². The Hall–Kier alpha value is -5.57. The molecule has 2 saturated carbocycles. The average molecular weight is 692 g/mol. The van der Waals surface area contributed by atoms with E-state index in [0.717, 1.165) is 91.1 Å². The number of H-pyrrole nitrogens is 2. The lowest BCUT2D eigenvalue weighted by Gasteiger charge is -2.43. The van der Waals surface area contributed by atoms with Gasteiger partial charge >= 0.3 is 0 Å². The first-order valence-electron chi connectivity index (χ1n) is 17.5. The number of rotatable bonds is 7. The third kappa shape index (κ3) is 6.22. The Bertz CT molecular complexity index is 2090. The maximum absolute atomic E-state index is 13.1. The standard InChI is InChI=1S/C20H21N5O2.C16H20N6O2/c26-11-14-1-3-15(4-2-14)19(27)25-10-9-24(12-20(25)6-7-20)18-16-5-8-21-17(16)22-13-23-18;17-12(23)1-2-13(24)22-8-7-21(9-16(22)4-5-16)15-11-3-6-18-14(11)19-10-20-15/h1-5,8,13,26H,6-7,9-12H2,(H,21,22,23);3,6,10H,1-2,4-5,7-9H2,(H2,17,23)(H,18,19,20). The number of nitrogens with two attached hydrogens (primary N) is 1. The predicted molar refractivity (Wildman–Crippen MR) is 190 cm³/mol. The van der Waals surface area contributed by atoms with Crippen LogP contribution in [0, 0.1) is 0 Å². The quantitative estimate of drug-likeness (QED) is 0.197. The second-order valence-electron chi connectivity index (χ2n) is 14.0. The highest BCUT2D eigenvalue weighted by Gasteiger charge is 2.54. The molecule has 1 aromatic carbocycles. The monoisotopic (exact) mass is 691 g/mol. The van der Waals surface area contributed by atoms with E-state index in [1.54, 1.807) is 12.7 Å². The van der Waals surface area contributed by atoms with Crippen LogP contribution in [0.3, 0.4) is 0 Å². The zero-order valence-electron chi connectivity index (χ0n) is 28.3. The first kappa shape index (κ1) is 32.6. The fourth-order valence-electron chi connectivity index (χ4n) is 7.66. The third-order valence-electron chi connectivity index (χ3n) is 10.7. The Kier molecular flexibility index (Phi) is 8.29. The minimum Gasteiger partial charge on any atom is -0.392 e. The number of carbonyl (C=O) groups excluding carboxylic acids is 3. The predicted octanol–water partition coefficient (Wildman–Crippen LogP) is 2.35. The normalized spacial score (nSPS) is 18.6. The lowest BCUT2D eigenvalue weighted by molar-refractivity contribution is -0.136. The lowest BCUT2D eigenvalue weighted by atomic mass is 10.1. The summed E-state index contributed by atoms with van der Waals surface area (Å²) in [6.45, 7) is 4.35. The van der Waals surface area contributed by atoms with Gasteiger partial charge in [0.15, 0.2) is 0 Å². The molecule has 264 valence electrons. The summed E-state index contributed by atoms with van der Waals surface area (Å²) < 4.78 is 0. The second-order valence-corrected chi connectivity index (χ2v) is 14.0. The van der Waals surface area contributed by atoms with E-state index in [9.17, 15) is 19.5 Å². The minimum absolute atomic E-state index is 0.0103. The van der Waals surface area contributed by atoms with Gasteiger partial charge in [-0.25, -0.2) is 19.9 Å². The van der Waals surface area contributed by atoms with Crippen molar-refractivity contribution in [2.45, 2.75) is 56.2 Å². The number of aliphatic hydroxyl groups excluding tert-OH is 1. The molecule has 4 fully saturated rings. The summed E-state index contributed by atoms with van der Waals surface area (Å²) in [5.41, 5.74) is 8.11. The first-order chi connectivity index (χ1) is 24.8. The molecule has 9 rings (SSSR count). The number of nitrogens with one attached hydrogen (secondary N) is 2. The van der Waals surface area contributed by atoms with Crippen LogP contribution in [-0.2, 0) is 16.2 Å². The van der Waals surface area contributed by atoms with Crippen LogP contribution in [0.2, 0.25) is 0 Å². The molecule has 2 aliphatic carbocycles. The molecule has 15 nitrogen and oxygen atoms in total. The molecule has 3 amide bonds. The molecule has 0 unspecified atom stereocenters. The van der Waals surface area contributed by atoms with E-state index in [4.69, 9.17) is 5.73 Å². The van der Waals surface area contributed by atoms with E-state index in [0.29, 0.717) is 18.7 Å². The van der Waals surface area contributed by atoms with Gasteiger partial charge in [-0.05, 0) is 55.5 Å². The van der Waals surface area contributed by atoms with Crippen LogP contribution in [0.4, 0.5) is 11.6 Å². The summed E-state index contributed by atoms with van der Waals surface area (Å²) in [6.07, 6.45) is 11.2. The van der Waals surface area contributed by atoms with Gasteiger partial charge in [-0.15, -0.1) is 0 Å². The van der Waals surface area contributed by atoms with Crippen molar-refractivity contribution < 1.29 is 19.5 Å². The van der Waals surface area contributed by atoms with Crippen molar-refractivity contribution in [1.29, 1.82) is 0 Å². The number of aromatic nitrogens is 6. The van der Waals surface area contributed by atoms with Crippen LogP contribution in [0.1, 0.15) is 54.4 Å². The summed E-state index contributed by atoms with van der Waals surface area (Å²) in [5.74, 6) is 1.53. The van der Waals surface area contributed by atoms with Gasteiger partial charge in [-0.2, -0.15) is 0 Å². The number of carbonyl (C=O) groups is 3. The van der Waals surface area contributed by atoms with Crippen molar-refractivity contribution in [3.05, 3.63) is 72.6 Å². The molecule has 6 heterocycles. The third-order valence-corrected chi connectivity index (χ3v) is 10.7. The zero-order valence-corrected chi connectivity index (χ0v) is 28.3. The highest BCUT2D eigenvalue weighted by molar-refractivity contribution is 5.95. The van der Waals surface area contributed by atoms with Gasteiger partial charge in [0.1, 0.15) is 35.6 Å². The summed E-state index contributed by atoms with van der Waals surface area (Å²) in [5, 5.41) is 11.2. The molecular weight excluding hydrogens is 650 g/mol. The zero-order chi connectivity index (χ0) is 35.2. The number of aliphatic hydroxyl groups is 1. The maximum Gasteiger partial charge on any atom is 0.254 e. The Morgan fingerprint density at radius 2 is 1.24 bits per heavy atom. The topological polar surface area (TPSA) is 194 Å². The summed E-state index contributed by atoms with van der Waals surface area (Å²) in [6, 6.07) is 11.2. The number of benzene rings is 1. The smallest absolute Gasteiger partial charge is 0.254 e. The van der Waals surface area contributed by atoms with Crippen molar-refractivity contribution in [2.75, 3.05) is 49.1 Å². The molecule has 0 radical (unpaired) electrons. The number of nitrogens with zero attached hydrogens (tertiary/aromatic N) is 8. The average Bonchev–Trinajstić information content (AvgIpc) is 3.95. The largest absolute Gasteiger partial charge is 0.392 e. The number of piperazine rings is 2. The second kappa shape index (κ2) is 13.0. The van der Waals surface area contributed by atoms with Gasteiger partial charge < -0.3 is 40.4 Å². The fourth-order valence-corrected chi connectivity index (χ4v) is 7.66. The highest BCUT2D eigenvalue weighted by Crippen LogP contribution is 2.47. The van der Waals surface area contributed by atoms with Gasteiger partial charge in [-0.3, -0.25) is 14.4 Å². The molecule has 4 aromatic heterocycles. The van der Waals surface area contributed by atoms with Crippen LogP contribution in [0.15, 0.2) is 61.4 Å². The molecule has 15 heteroatoms.